The van der Waals surface area contributed by atoms with E-state index in [1.807, 2.05) is 0 Å². The van der Waals surface area contributed by atoms with E-state index in [9.17, 15) is 0 Å². The molecule has 0 bridgehead atoms. The molecule has 0 spiro atoms. The maximum atomic E-state index is 4.57. The first-order valence-electron chi connectivity index (χ1n) is 6.00. The van der Waals surface area contributed by atoms with Gasteiger partial charge in [0.1, 0.15) is 0 Å². The molecule has 1 unspecified atom stereocenters. The van der Waals surface area contributed by atoms with Crippen LogP contribution in [0.3, 0.4) is 0 Å². The van der Waals surface area contributed by atoms with Gasteiger partial charge in [0.15, 0.2) is 0 Å². The molecule has 1 aromatic heterocycles. The third-order valence-electron chi connectivity index (χ3n) is 3.21. The Hall–Kier alpha value is 0.0700. The Morgan fingerprint density at radius 2 is 2.38 bits per heavy atom. The fraction of sp³-hybridized carbons (Fsp3) is 0.750. The van der Waals surface area contributed by atoms with Gasteiger partial charge in [-0.15, -0.1) is 11.3 Å². The van der Waals surface area contributed by atoms with Crippen molar-refractivity contribution in [3.63, 3.8) is 0 Å². The molecule has 1 aromatic rings. The molecule has 0 aromatic carbocycles. The SMILES string of the molecule is Cc1nc(CN2CCCCCC2CBr)cs1. The van der Waals surface area contributed by atoms with E-state index in [-0.39, 0.29) is 0 Å². The largest absolute Gasteiger partial charge is 0.294 e. The van der Waals surface area contributed by atoms with E-state index in [1.54, 1.807) is 11.3 Å². The van der Waals surface area contributed by atoms with Crippen LogP contribution < -0.4 is 0 Å². The van der Waals surface area contributed by atoms with E-state index in [0.29, 0.717) is 6.04 Å². The number of hydrogen-bond donors (Lipinski definition) is 0. The lowest BCUT2D eigenvalue weighted by atomic mass is 10.1. The number of nitrogens with zero attached hydrogens (tertiary/aromatic N) is 2. The van der Waals surface area contributed by atoms with Gasteiger partial charge in [-0.2, -0.15) is 0 Å². The zero-order valence-corrected chi connectivity index (χ0v) is 12.2. The predicted molar refractivity (Wildman–Crippen MR) is 73.3 cm³/mol. The lowest BCUT2D eigenvalue weighted by Gasteiger charge is -2.27. The van der Waals surface area contributed by atoms with Crippen molar-refractivity contribution in [3.05, 3.63) is 16.1 Å². The lowest BCUT2D eigenvalue weighted by Crippen LogP contribution is -2.35. The zero-order valence-electron chi connectivity index (χ0n) is 9.79. The standard InChI is InChI=1S/C12H19BrN2S/c1-10-14-11(9-16-10)8-15-6-4-2-3-5-12(15)7-13/h9,12H,2-8H2,1H3. The number of halogens is 1. The molecule has 0 saturated carbocycles. The Labute approximate surface area is 110 Å². The molecule has 2 heterocycles. The van der Waals surface area contributed by atoms with Crippen molar-refractivity contribution >= 4 is 27.3 Å². The summed E-state index contributed by atoms with van der Waals surface area (Å²) in [6.07, 6.45) is 5.43. The highest BCUT2D eigenvalue weighted by molar-refractivity contribution is 9.09. The van der Waals surface area contributed by atoms with Crippen LogP contribution in [-0.2, 0) is 6.54 Å². The molecule has 1 atom stereocenters. The first-order valence-corrected chi connectivity index (χ1v) is 8.00. The van der Waals surface area contributed by atoms with Crippen molar-refractivity contribution < 1.29 is 0 Å². The van der Waals surface area contributed by atoms with E-state index in [2.05, 4.69) is 38.1 Å². The smallest absolute Gasteiger partial charge is 0.0897 e. The average Bonchev–Trinajstić information content (AvgIpc) is 2.56. The van der Waals surface area contributed by atoms with Crippen LogP contribution in [0.1, 0.15) is 36.4 Å². The van der Waals surface area contributed by atoms with Gasteiger partial charge < -0.3 is 0 Å². The number of aryl methyl sites for hydroxylation is 1. The first-order chi connectivity index (χ1) is 7.79. The third-order valence-corrected chi connectivity index (χ3v) is 4.78. The van der Waals surface area contributed by atoms with Crippen LogP contribution in [0, 0.1) is 6.92 Å². The Kier molecular flexibility index (Phi) is 4.79. The Bertz CT molecular complexity index is 327. The summed E-state index contributed by atoms with van der Waals surface area (Å²) < 4.78 is 0. The molecule has 1 saturated heterocycles. The second kappa shape index (κ2) is 6.12. The summed E-state index contributed by atoms with van der Waals surface area (Å²) >= 11 is 5.40. The van der Waals surface area contributed by atoms with Crippen LogP contribution in [0.25, 0.3) is 0 Å². The van der Waals surface area contributed by atoms with E-state index in [1.165, 1.54) is 42.9 Å². The van der Waals surface area contributed by atoms with Gasteiger partial charge in [0.2, 0.25) is 0 Å². The molecule has 2 nitrogen and oxygen atoms in total. The molecule has 2 rings (SSSR count). The maximum Gasteiger partial charge on any atom is 0.0897 e. The molecule has 1 aliphatic rings. The number of hydrogen-bond acceptors (Lipinski definition) is 3. The fourth-order valence-electron chi connectivity index (χ4n) is 2.31. The summed E-state index contributed by atoms with van der Waals surface area (Å²) in [5.41, 5.74) is 1.25. The van der Waals surface area contributed by atoms with E-state index in [4.69, 9.17) is 0 Å². The van der Waals surface area contributed by atoms with Gasteiger partial charge in [0.25, 0.3) is 0 Å². The Morgan fingerprint density at radius 1 is 1.50 bits per heavy atom. The van der Waals surface area contributed by atoms with Gasteiger partial charge in [-0.05, 0) is 26.3 Å². The Balaban J connectivity index is 1.99. The van der Waals surface area contributed by atoms with Gasteiger partial charge in [-0.3, -0.25) is 4.90 Å². The van der Waals surface area contributed by atoms with Crippen LogP contribution in [0.5, 0.6) is 0 Å². The molecule has 90 valence electrons. The summed E-state index contributed by atoms with van der Waals surface area (Å²) in [5.74, 6) is 0. The highest BCUT2D eigenvalue weighted by Crippen LogP contribution is 2.21. The van der Waals surface area contributed by atoms with Crippen LogP contribution in [0.2, 0.25) is 0 Å². The van der Waals surface area contributed by atoms with E-state index >= 15 is 0 Å². The van der Waals surface area contributed by atoms with Crippen LogP contribution in [0.4, 0.5) is 0 Å². The summed E-state index contributed by atoms with van der Waals surface area (Å²) in [7, 11) is 0. The van der Waals surface area contributed by atoms with Crippen LogP contribution in [-0.4, -0.2) is 27.8 Å². The summed E-state index contributed by atoms with van der Waals surface area (Å²) in [5, 5.41) is 4.47. The van der Waals surface area contributed by atoms with Gasteiger partial charge in [0.05, 0.1) is 10.7 Å². The van der Waals surface area contributed by atoms with E-state index < -0.39 is 0 Å². The average molecular weight is 303 g/mol. The predicted octanol–water partition coefficient (Wildman–Crippen LogP) is 3.59. The number of thiazole rings is 1. The number of alkyl halides is 1. The minimum absolute atomic E-state index is 0.699. The highest BCUT2D eigenvalue weighted by atomic mass is 79.9. The highest BCUT2D eigenvalue weighted by Gasteiger charge is 2.20. The van der Waals surface area contributed by atoms with Crippen molar-refractivity contribution in [2.75, 3.05) is 11.9 Å². The van der Waals surface area contributed by atoms with Crippen molar-refractivity contribution in [2.24, 2.45) is 0 Å². The normalized spacial score (nSPS) is 23.2. The molecule has 0 radical (unpaired) electrons. The summed E-state index contributed by atoms with van der Waals surface area (Å²) in [6, 6.07) is 0.699. The molecular formula is C12H19BrN2S. The lowest BCUT2D eigenvalue weighted by molar-refractivity contribution is 0.207. The molecule has 1 fully saturated rings. The Morgan fingerprint density at radius 3 is 3.06 bits per heavy atom. The minimum Gasteiger partial charge on any atom is -0.294 e. The van der Waals surface area contributed by atoms with Crippen molar-refractivity contribution in [2.45, 2.75) is 45.2 Å². The fourth-order valence-corrected chi connectivity index (χ4v) is 3.65. The maximum absolute atomic E-state index is 4.57. The second-order valence-corrected chi connectivity index (χ2v) is 6.20. The van der Waals surface area contributed by atoms with Gasteiger partial charge in [-0.1, -0.05) is 28.8 Å². The van der Waals surface area contributed by atoms with Crippen molar-refractivity contribution in [1.82, 2.24) is 9.88 Å². The number of aromatic nitrogens is 1. The zero-order chi connectivity index (χ0) is 11.4. The first kappa shape index (κ1) is 12.5. The molecular weight excluding hydrogens is 284 g/mol. The molecule has 0 aliphatic carbocycles. The van der Waals surface area contributed by atoms with Gasteiger partial charge in [-0.25, -0.2) is 4.98 Å². The number of rotatable bonds is 3. The van der Waals surface area contributed by atoms with Gasteiger partial charge >= 0.3 is 0 Å². The van der Waals surface area contributed by atoms with Gasteiger partial charge in [0, 0.05) is 23.3 Å². The molecule has 0 amide bonds. The monoisotopic (exact) mass is 302 g/mol. The summed E-state index contributed by atoms with van der Waals surface area (Å²) in [4.78, 5) is 7.16. The molecule has 4 heteroatoms. The quantitative estimate of drug-likeness (QED) is 0.793. The molecule has 1 aliphatic heterocycles. The molecule has 16 heavy (non-hydrogen) atoms. The topological polar surface area (TPSA) is 16.1 Å². The summed E-state index contributed by atoms with van der Waals surface area (Å²) in [6.45, 7) is 4.34. The van der Waals surface area contributed by atoms with E-state index in [0.717, 1.165) is 11.9 Å². The minimum atomic E-state index is 0.699. The van der Waals surface area contributed by atoms with Crippen LogP contribution >= 0.6 is 27.3 Å². The van der Waals surface area contributed by atoms with Crippen molar-refractivity contribution in [1.29, 1.82) is 0 Å². The van der Waals surface area contributed by atoms with Crippen LogP contribution in [0.15, 0.2) is 5.38 Å². The second-order valence-electron chi connectivity index (χ2n) is 4.49. The molecule has 0 N–H and O–H groups in total. The third kappa shape index (κ3) is 3.28. The van der Waals surface area contributed by atoms with Crippen molar-refractivity contribution in [3.8, 4) is 0 Å². The number of likely N-dealkylation sites (tertiary alicyclic amines) is 1.